The topological polar surface area (TPSA) is 79.4 Å². The van der Waals surface area contributed by atoms with Crippen LogP contribution in [-0.2, 0) is 14.3 Å². The molecule has 0 amide bonds. The zero-order valence-corrected chi connectivity index (χ0v) is 17.8. The van der Waals surface area contributed by atoms with Gasteiger partial charge < -0.3 is 0 Å². The van der Waals surface area contributed by atoms with Crippen molar-refractivity contribution in [3.05, 3.63) is 0 Å². The summed E-state index contributed by atoms with van der Waals surface area (Å²) in [6.07, 6.45) is 3.97. The molecule has 5 nitrogen and oxygen atoms in total. The average Bonchev–Trinajstić information content (AvgIpc) is 3.22. The van der Waals surface area contributed by atoms with E-state index in [1.165, 1.54) is 19.3 Å². The van der Waals surface area contributed by atoms with Gasteiger partial charge >= 0.3 is 154 Å². The number of alkyl halides is 2. The van der Waals surface area contributed by atoms with Crippen LogP contribution in [0.25, 0.3) is 0 Å². The number of nitrogens with one attached hydrogen (secondary N) is 2. The molecule has 22 heavy (non-hydrogen) atoms. The standard InChI is InChI=1S/C15H24I2N2O3/c1-12(2)9-5-6-13(3,7-9)10(12)21-8-22-11(20)14(4,16)15-17(18-15)19-15/h9-10,18-19H,5-8H2,1-4H3. The van der Waals surface area contributed by atoms with Gasteiger partial charge in [-0.3, -0.25) is 0 Å². The Balaban J connectivity index is 1.35. The monoisotopic (exact) mass is 534 g/mol. The Labute approximate surface area is 153 Å². The third-order valence-corrected chi connectivity index (χ3v) is 13.4. The van der Waals surface area contributed by atoms with Crippen molar-refractivity contribution in [3.8, 4) is 0 Å². The summed E-state index contributed by atoms with van der Waals surface area (Å²) in [7, 11) is 0. The van der Waals surface area contributed by atoms with Gasteiger partial charge in [-0.2, -0.15) is 0 Å². The summed E-state index contributed by atoms with van der Waals surface area (Å²) in [6.45, 7) is 8.96. The van der Waals surface area contributed by atoms with Crippen molar-refractivity contribution in [3.63, 3.8) is 0 Å². The van der Waals surface area contributed by atoms with Gasteiger partial charge in [-0.15, -0.1) is 0 Å². The molecular weight excluding hydrogens is 510 g/mol. The third-order valence-electron chi connectivity index (χ3n) is 6.25. The summed E-state index contributed by atoms with van der Waals surface area (Å²) < 4.78 is 17.8. The summed E-state index contributed by atoms with van der Waals surface area (Å²) >= 11 is 1.06. The molecule has 0 spiro atoms. The van der Waals surface area contributed by atoms with E-state index >= 15 is 0 Å². The molecule has 0 aromatic carbocycles. The van der Waals surface area contributed by atoms with E-state index in [-0.39, 0.29) is 33.4 Å². The van der Waals surface area contributed by atoms with E-state index in [1.807, 2.05) is 6.92 Å². The van der Waals surface area contributed by atoms with Crippen molar-refractivity contribution in [2.75, 3.05) is 6.79 Å². The SMILES string of the molecule is CC12CCC(C1)C(C)(C)C2OCOC(=O)C(C)(I)C12NI1N2. The summed E-state index contributed by atoms with van der Waals surface area (Å²) in [6, 6.07) is 0. The zero-order valence-electron chi connectivity index (χ0n) is 13.5. The molecule has 2 aliphatic carbocycles. The second-order valence-corrected chi connectivity index (χ2v) is 14.6. The Kier molecular flexibility index (Phi) is 3.48. The number of fused-ring (bicyclic) bond motifs is 3. The number of ether oxygens (including phenoxy) is 2. The molecule has 2 saturated heterocycles. The van der Waals surface area contributed by atoms with Crippen LogP contribution in [0.15, 0.2) is 0 Å². The van der Waals surface area contributed by atoms with Crippen LogP contribution in [0.3, 0.4) is 0 Å². The molecule has 0 aromatic heterocycles. The second kappa shape index (κ2) is 4.70. The van der Waals surface area contributed by atoms with E-state index in [0.29, 0.717) is 0 Å². The Morgan fingerprint density at radius 1 is 1.41 bits per heavy atom. The molecular formula is C15H24I2N2O3. The molecule has 4 atom stereocenters. The molecule has 4 rings (SSSR count). The van der Waals surface area contributed by atoms with Crippen LogP contribution in [-0.4, -0.2) is 26.0 Å². The van der Waals surface area contributed by atoms with Crippen molar-refractivity contribution in [2.45, 2.75) is 60.2 Å². The predicted molar refractivity (Wildman–Crippen MR) is 101 cm³/mol. The average molecular weight is 534 g/mol. The van der Waals surface area contributed by atoms with Crippen molar-refractivity contribution in [1.82, 2.24) is 7.06 Å². The van der Waals surface area contributed by atoms with Crippen LogP contribution in [0, 0.1) is 16.7 Å². The van der Waals surface area contributed by atoms with Crippen molar-refractivity contribution >= 4 is 48.9 Å². The van der Waals surface area contributed by atoms with Crippen molar-refractivity contribution in [1.29, 1.82) is 0 Å². The molecule has 2 N–H and O–H groups in total. The van der Waals surface area contributed by atoms with Crippen LogP contribution in [0.4, 0.5) is 0 Å². The quantitative estimate of drug-likeness (QED) is 0.108. The number of halogens is 2. The Morgan fingerprint density at radius 3 is 2.55 bits per heavy atom. The van der Waals surface area contributed by atoms with Crippen LogP contribution in [0.5, 0.6) is 0 Å². The second-order valence-electron chi connectivity index (χ2n) is 8.15. The minimum absolute atomic E-state index is 0.0771. The van der Waals surface area contributed by atoms with E-state index in [2.05, 4.69) is 50.4 Å². The van der Waals surface area contributed by atoms with Crippen LogP contribution >= 0.6 is 43.0 Å². The molecule has 0 aromatic rings. The van der Waals surface area contributed by atoms with E-state index in [9.17, 15) is 4.79 Å². The molecule has 2 saturated carbocycles. The minimum atomic E-state index is -1.15. The van der Waals surface area contributed by atoms with Gasteiger partial charge in [0.15, 0.2) is 0 Å². The first-order chi connectivity index (χ1) is 10.1. The maximum atomic E-state index is 12.4. The number of carbonyl (C=O) groups is 1. The molecule has 2 bridgehead atoms. The Bertz CT molecular complexity index is 528. The van der Waals surface area contributed by atoms with E-state index in [4.69, 9.17) is 9.47 Å². The van der Waals surface area contributed by atoms with Crippen molar-refractivity contribution in [2.24, 2.45) is 16.7 Å². The number of hydrogen-bond donors (Lipinski definition) is 2. The van der Waals surface area contributed by atoms with Gasteiger partial charge in [0.1, 0.15) is 0 Å². The predicted octanol–water partition coefficient (Wildman–Crippen LogP) is 3.11. The molecule has 4 fully saturated rings. The maximum absolute atomic E-state index is 12.4. The first kappa shape index (κ1) is 16.3. The summed E-state index contributed by atoms with van der Waals surface area (Å²) in [5.74, 6) is 0.572. The van der Waals surface area contributed by atoms with Gasteiger partial charge in [-0.05, 0) is 0 Å². The zero-order chi connectivity index (χ0) is 16.0. The third kappa shape index (κ3) is 2.07. The number of rotatable bonds is 5. The number of hydrogen-bond acceptors (Lipinski definition) is 5. The number of carbonyl (C=O) groups excluding carboxylic acids is 1. The Hall–Kier alpha value is 0.810. The van der Waals surface area contributed by atoms with Gasteiger partial charge in [-0.1, -0.05) is 0 Å². The van der Waals surface area contributed by atoms with Crippen LogP contribution in [0.1, 0.15) is 47.0 Å². The van der Waals surface area contributed by atoms with Crippen LogP contribution < -0.4 is 7.06 Å². The summed E-state index contributed by atoms with van der Waals surface area (Å²) in [5.41, 5.74) is 0.433. The van der Waals surface area contributed by atoms with Gasteiger partial charge in [-0.25, -0.2) is 0 Å². The molecule has 7 heteroatoms. The van der Waals surface area contributed by atoms with Crippen molar-refractivity contribution < 1.29 is 14.3 Å². The van der Waals surface area contributed by atoms with Gasteiger partial charge in [0.05, 0.1) is 0 Å². The van der Waals surface area contributed by atoms with E-state index in [1.54, 1.807) is 0 Å². The van der Waals surface area contributed by atoms with Crippen LogP contribution in [0.2, 0.25) is 0 Å². The molecule has 2 heterocycles. The first-order valence-corrected chi connectivity index (χ1v) is 12.2. The van der Waals surface area contributed by atoms with Gasteiger partial charge in [0.2, 0.25) is 0 Å². The van der Waals surface area contributed by atoms with Gasteiger partial charge in [0, 0.05) is 0 Å². The number of esters is 1. The summed E-state index contributed by atoms with van der Waals surface area (Å²) in [5, 5.41) is 0. The molecule has 0 radical (unpaired) electrons. The molecule has 2 aliphatic heterocycles. The first-order valence-electron chi connectivity index (χ1n) is 7.87. The van der Waals surface area contributed by atoms with Gasteiger partial charge in [0.25, 0.3) is 0 Å². The fourth-order valence-electron chi connectivity index (χ4n) is 4.68. The normalized spacial score (nSPS) is 43.4. The fourth-order valence-corrected chi connectivity index (χ4v) is 12.5. The van der Waals surface area contributed by atoms with E-state index in [0.717, 1.165) is 5.92 Å². The fraction of sp³-hybridized carbons (Fsp3) is 0.933. The molecule has 126 valence electrons. The Morgan fingerprint density at radius 2 is 2.05 bits per heavy atom. The summed E-state index contributed by atoms with van der Waals surface area (Å²) in [4.78, 5) is 12.4. The van der Waals surface area contributed by atoms with E-state index < -0.39 is 23.8 Å². The molecule has 4 unspecified atom stereocenters. The molecule has 4 aliphatic rings.